The van der Waals surface area contributed by atoms with Crippen molar-refractivity contribution < 1.29 is 14.3 Å². The minimum absolute atomic E-state index is 0.0532. The molecule has 3 aromatic carbocycles. The molecule has 0 fully saturated rings. The topological polar surface area (TPSA) is 49.3 Å². The number of aromatic carboxylic acids is 1. The van der Waals surface area contributed by atoms with E-state index in [0.717, 1.165) is 22.8 Å². The molecule has 0 aliphatic heterocycles. The van der Waals surface area contributed by atoms with E-state index in [1.165, 1.54) is 17.7 Å². The van der Waals surface area contributed by atoms with Gasteiger partial charge in [-0.2, -0.15) is 0 Å². The Balaban J connectivity index is 1.97. The first kappa shape index (κ1) is 18.6. The number of rotatable bonds is 6. The van der Waals surface area contributed by atoms with Crippen molar-refractivity contribution in [1.29, 1.82) is 0 Å². The number of benzene rings is 3. The molecule has 3 nitrogen and oxygen atoms in total. The maximum absolute atomic E-state index is 13.8. The van der Waals surface area contributed by atoms with Gasteiger partial charge in [0.05, 0.1) is 17.3 Å². The van der Waals surface area contributed by atoms with Gasteiger partial charge in [0.1, 0.15) is 5.82 Å². The zero-order chi connectivity index (χ0) is 19.4. The molecule has 4 heteroatoms. The summed E-state index contributed by atoms with van der Waals surface area (Å²) in [5.41, 5.74) is 4.79. The number of nitrogens with one attached hydrogen (secondary N) is 1. The number of halogens is 1. The molecule has 1 unspecified atom stereocenters. The van der Waals surface area contributed by atoms with E-state index in [0.29, 0.717) is 6.42 Å². The predicted octanol–water partition coefficient (Wildman–Crippen LogP) is 5.54. The van der Waals surface area contributed by atoms with E-state index in [1.54, 1.807) is 0 Å². The second-order valence-corrected chi connectivity index (χ2v) is 6.79. The molecule has 138 valence electrons. The molecule has 0 radical (unpaired) electrons. The van der Waals surface area contributed by atoms with Crippen LogP contribution in [-0.4, -0.2) is 11.1 Å². The highest BCUT2D eigenvalue weighted by molar-refractivity contribution is 5.94. The van der Waals surface area contributed by atoms with Gasteiger partial charge in [-0.25, -0.2) is 9.18 Å². The molecule has 0 heterocycles. The van der Waals surface area contributed by atoms with Gasteiger partial charge in [0.15, 0.2) is 0 Å². The van der Waals surface area contributed by atoms with E-state index in [1.807, 2.05) is 50.2 Å². The first-order chi connectivity index (χ1) is 12.9. The number of hydrogen-bond acceptors (Lipinski definition) is 2. The summed E-state index contributed by atoms with van der Waals surface area (Å²) in [4.78, 5) is 11.5. The van der Waals surface area contributed by atoms with Crippen LogP contribution in [0, 0.1) is 19.7 Å². The van der Waals surface area contributed by atoms with Crippen LogP contribution in [0.15, 0.2) is 66.7 Å². The lowest BCUT2D eigenvalue weighted by Gasteiger charge is -2.22. The number of anilines is 1. The number of carboxylic acids is 1. The summed E-state index contributed by atoms with van der Waals surface area (Å²) in [6.07, 6.45) is 0.652. The Morgan fingerprint density at radius 2 is 1.56 bits per heavy atom. The minimum atomic E-state index is -1.09. The maximum atomic E-state index is 13.8. The van der Waals surface area contributed by atoms with E-state index >= 15 is 0 Å². The van der Waals surface area contributed by atoms with Crippen molar-refractivity contribution in [3.63, 3.8) is 0 Å². The van der Waals surface area contributed by atoms with Crippen LogP contribution in [-0.2, 0) is 6.42 Å². The van der Waals surface area contributed by atoms with Crippen LogP contribution in [0.25, 0.3) is 0 Å². The summed E-state index contributed by atoms with van der Waals surface area (Å²) >= 11 is 0. The Hall–Kier alpha value is -3.14. The molecular weight excluding hydrogens is 341 g/mol. The number of aryl methyl sites for hydroxylation is 2. The zero-order valence-electron chi connectivity index (χ0n) is 15.4. The average molecular weight is 363 g/mol. The standard InChI is InChI=1S/C23H22FNO2/c1-15-3-7-17(8-4-15)13-21(18-9-5-16(2)6-10-18)25-22-14-19(24)11-12-20(22)23(26)27/h3-12,14,21,25H,13H2,1-2H3,(H,26,27). The average Bonchev–Trinajstić information content (AvgIpc) is 2.63. The van der Waals surface area contributed by atoms with Crippen LogP contribution < -0.4 is 5.32 Å². The smallest absolute Gasteiger partial charge is 0.337 e. The molecule has 1 atom stereocenters. The van der Waals surface area contributed by atoms with Gasteiger partial charge >= 0.3 is 5.97 Å². The van der Waals surface area contributed by atoms with Gasteiger partial charge in [-0.05, 0) is 49.6 Å². The van der Waals surface area contributed by atoms with E-state index in [-0.39, 0.29) is 17.3 Å². The molecule has 0 aromatic heterocycles. The molecule has 27 heavy (non-hydrogen) atoms. The van der Waals surface area contributed by atoms with Gasteiger partial charge in [-0.15, -0.1) is 0 Å². The van der Waals surface area contributed by atoms with Crippen LogP contribution in [0.1, 0.15) is 38.7 Å². The summed E-state index contributed by atoms with van der Waals surface area (Å²) in [5, 5.41) is 12.7. The summed E-state index contributed by atoms with van der Waals surface area (Å²) in [6, 6.07) is 19.8. The first-order valence-corrected chi connectivity index (χ1v) is 8.84. The first-order valence-electron chi connectivity index (χ1n) is 8.84. The molecule has 0 spiro atoms. The zero-order valence-corrected chi connectivity index (χ0v) is 15.4. The molecule has 3 aromatic rings. The Morgan fingerprint density at radius 1 is 0.963 bits per heavy atom. The Bertz CT molecular complexity index is 934. The van der Waals surface area contributed by atoms with Gasteiger partial charge in [0.25, 0.3) is 0 Å². The fraction of sp³-hybridized carbons (Fsp3) is 0.174. The third kappa shape index (κ3) is 4.73. The molecular formula is C23H22FNO2. The Kier molecular flexibility index (Phi) is 5.55. The number of hydrogen-bond donors (Lipinski definition) is 2. The molecule has 0 aliphatic carbocycles. The summed E-state index contributed by atoms with van der Waals surface area (Å²) in [5.74, 6) is -1.56. The number of carbonyl (C=O) groups is 1. The highest BCUT2D eigenvalue weighted by Gasteiger charge is 2.17. The van der Waals surface area contributed by atoms with Gasteiger partial charge < -0.3 is 10.4 Å². The van der Waals surface area contributed by atoms with Crippen molar-refractivity contribution in [2.24, 2.45) is 0 Å². The van der Waals surface area contributed by atoms with Crippen LogP contribution >= 0.6 is 0 Å². The summed E-state index contributed by atoms with van der Waals surface area (Å²) in [7, 11) is 0. The van der Waals surface area contributed by atoms with E-state index in [4.69, 9.17) is 0 Å². The predicted molar refractivity (Wildman–Crippen MR) is 106 cm³/mol. The third-order valence-electron chi connectivity index (χ3n) is 4.58. The fourth-order valence-corrected chi connectivity index (χ4v) is 3.02. The second-order valence-electron chi connectivity index (χ2n) is 6.79. The van der Waals surface area contributed by atoms with Gasteiger partial charge in [0, 0.05) is 0 Å². The molecule has 0 amide bonds. The van der Waals surface area contributed by atoms with Crippen molar-refractivity contribution in [1.82, 2.24) is 0 Å². The SMILES string of the molecule is Cc1ccc(CC(Nc2cc(F)ccc2C(=O)O)c2ccc(C)cc2)cc1. The summed E-state index contributed by atoms with van der Waals surface area (Å²) in [6.45, 7) is 4.05. The maximum Gasteiger partial charge on any atom is 0.337 e. The molecule has 0 saturated carbocycles. The van der Waals surface area contributed by atoms with E-state index in [9.17, 15) is 14.3 Å². The van der Waals surface area contributed by atoms with Crippen LogP contribution in [0.2, 0.25) is 0 Å². The Morgan fingerprint density at radius 3 is 2.15 bits per heavy atom. The highest BCUT2D eigenvalue weighted by Crippen LogP contribution is 2.27. The van der Waals surface area contributed by atoms with Crippen molar-refractivity contribution in [3.8, 4) is 0 Å². The summed E-state index contributed by atoms with van der Waals surface area (Å²) < 4.78 is 13.8. The Labute approximate surface area is 158 Å². The lowest BCUT2D eigenvalue weighted by molar-refractivity contribution is 0.0698. The highest BCUT2D eigenvalue weighted by atomic mass is 19.1. The van der Waals surface area contributed by atoms with Gasteiger partial charge in [-0.3, -0.25) is 0 Å². The number of carboxylic acid groups (broad SMARTS) is 1. The van der Waals surface area contributed by atoms with Crippen molar-refractivity contribution >= 4 is 11.7 Å². The van der Waals surface area contributed by atoms with Crippen LogP contribution in [0.4, 0.5) is 10.1 Å². The fourth-order valence-electron chi connectivity index (χ4n) is 3.02. The molecule has 2 N–H and O–H groups in total. The second kappa shape index (κ2) is 8.04. The van der Waals surface area contributed by atoms with Gasteiger partial charge in [0.2, 0.25) is 0 Å². The monoisotopic (exact) mass is 363 g/mol. The largest absolute Gasteiger partial charge is 0.478 e. The van der Waals surface area contributed by atoms with Crippen LogP contribution in [0.3, 0.4) is 0 Å². The van der Waals surface area contributed by atoms with Gasteiger partial charge in [-0.1, -0.05) is 59.7 Å². The third-order valence-corrected chi connectivity index (χ3v) is 4.58. The minimum Gasteiger partial charge on any atom is -0.478 e. The molecule has 0 bridgehead atoms. The van der Waals surface area contributed by atoms with Crippen molar-refractivity contribution in [3.05, 3.63) is 100 Å². The van der Waals surface area contributed by atoms with E-state index in [2.05, 4.69) is 17.4 Å². The normalized spacial score (nSPS) is 11.8. The molecule has 0 saturated heterocycles. The van der Waals surface area contributed by atoms with Crippen molar-refractivity contribution in [2.75, 3.05) is 5.32 Å². The molecule has 0 aliphatic rings. The van der Waals surface area contributed by atoms with Crippen LogP contribution in [0.5, 0.6) is 0 Å². The van der Waals surface area contributed by atoms with Crippen molar-refractivity contribution in [2.45, 2.75) is 26.3 Å². The molecule has 3 rings (SSSR count). The lowest BCUT2D eigenvalue weighted by atomic mass is 9.96. The lowest BCUT2D eigenvalue weighted by Crippen LogP contribution is -2.16. The van der Waals surface area contributed by atoms with E-state index < -0.39 is 11.8 Å². The quantitative estimate of drug-likeness (QED) is 0.605.